The highest BCUT2D eigenvalue weighted by Crippen LogP contribution is 2.35. The number of hydrogen-bond acceptors (Lipinski definition) is 2. The Kier molecular flexibility index (Phi) is 3.79. The zero-order chi connectivity index (χ0) is 15.7. The molecule has 1 aliphatic rings. The summed E-state index contributed by atoms with van der Waals surface area (Å²) in [4.78, 5) is 11.0. The van der Waals surface area contributed by atoms with Crippen LogP contribution in [0.2, 0.25) is 0 Å². The molecule has 0 saturated carbocycles. The quantitative estimate of drug-likeness (QED) is 0.908. The number of amides is 1. The topological polar surface area (TPSA) is 52.3 Å². The van der Waals surface area contributed by atoms with Crippen molar-refractivity contribution in [3.05, 3.63) is 59.2 Å². The third kappa shape index (κ3) is 2.93. The first kappa shape index (κ1) is 14.5. The second-order valence-electron chi connectivity index (χ2n) is 5.39. The van der Waals surface area contributed by atoms with Gasteiger partial charge >= 0.3 is 6.09 Å². The van der Waals surface area contributed by atoms with E-state index in [1.54, 1.807) is 0 Å². The van der Waals surface area contributed by atoms with E-state index in [-0.39, 0.29) is 0 Å². The molecule has 5 heteroatoms. The fraction of sp³-hybridized carbons (Fsp3) is 0.235. The number of rotatable bonds is 2. The monoisotopic (exact) mass is 303 g/mol. The first-order valence-corrected chi connectivity index (χ1v) is 7.08. The molecule has 0 radical (unpaired) electrons. The first-order chi connectivity index (χ1) is 10.5. The number of ether oxygens (including phenoxy) is 1. The van der Waals surface area contributed by atoms with Gasteiger partial charge in [0, 0.05) is 6.07 Å². The van der Waals surface area contributed by atoms with Crippen molar-refractivity contribution in [1.82, 2.24) is 0 Å². The molecule has 3 rings (SSSR count). The van der Waals surface area contributed by atoms with Crippen molar-refractivity contribution in [2.45, 2.75) is 25.4 Å². The van der Waals surface area contributed by atoms with E-state index in [0.717, 1.165) is 30.0 Å². The zero-order valence-corrected chi connectivity index (χ0v) is 11.8. The molecule has 1 unspecified atom stereocenters. The fourth-order valence-electron chi connectivity index (χ4n) is 2.92. The lowest BCUT2D eigenvalue weighted by Crippen LogP contribution is -2.20. The minimum absolute atomic E-state index is 0.403. The molecule has 114 valence electrons. The van der Waals surface area contributed by atoms with Crippen LogP contribution in [-0.4, -0.2) is 6.09 Å². The van der Waals surface area contributed by atoms with E-state index in [1.165, 1.54) is 12.1 Å². The molecule has 3 nitrogen and oxygen atoms in total. The fourth-order valence-corrected chi connectivity index (χ4v) is 2.92. The second kappa shape index (κ2) is 5.75. The van der Waals surface area contributed by atoms with Gasteiger partial charge in [0.25, 0.3) is 0 Å². The van der Waals surface area contributed by atoms with E-state index in [0.29, 0.717) is 17.5 Å². The van der Waals surface area contributed by atoms with Gasteiger partial charge in [-0.2, -0.15) is 0 Å². The summed E-state index contributed by atoms with van der Waals surface area (Å²) >= 11 is 0. The van der Waals surface area contributed by atoms with Gasteiger partial charge < -0.3 is 10.5 Å². The van der Waals surface area contributed by atoms with Gasteiger partial charge in [0.05, 0.1) is 0 Å². The van der Waals surface area contributed by atoms with Gasteiger partial charge in [-0.15, -0.1) is 0 Å². The largest absolute Gasteiger partial charge is 0.442 e. The van der Waals surface area contributed by atoms with E-state index in [9.17, 15) is 13.6 Å². The summed E-state index contributed by atoms with van der Waals surface area (Å²) in [6.45, 7) is 0. The number of carbonyl (C=O) groups is 1. The molecule has 0 fully saturated rings. The van der Waals surface area contributed by atoms with Crippen LogP contribution in [-0.2, 0) is 11.2 Å². The van der Waals surface area contributed by atoms with Crippen LogP contribution in [0.5, 0.6) is 0 Å². The third-order valence-corrected chi connectivity index (χ3v) is 3.86. The SMILES string of the molecule is NC(=O)OC1CCCc2ccc(-c3cc(F)cc(F)c3)cc21. The van der Waals surface area contributed by atoms with Gasteiger partial charge in [-0.25, -0.2) is 13.6 Å². The van der Waals surface area contributed by atoms with Crippen molar-refractivity contribution in [3.8, 4) is 11.1 Å². The Morgan fingerprint density at radius 2 is 1.82 bits per heavy atom. The summed E-state index contributed by atoms with van der Waals surface area (Å²) < 4.78 is 31.9. The Labute approximate surface area is 126 Å². The molecule has 0 spiro atoms. The highest BCUT2D eigenvalue weighted by molar-refractivity contribution is 5.67. The molecule has 1 aliphatic carbocycles. The predicted octanol–water partition coefficient (Wildman–Crippen LogP) is 4.10. The van der Waals surface area contributed by atoms with E-state index >= 15 is 0 Å². The van der Waals surface area contributed by atoms with Crippen molar-refractivity contribution in [3.63, 3.8) is 0 Å². The number of hydrogen-bond donors (Lipinski definition) is 1. The normalized spacial score (nSPS) is 16.9. The van der Waals surface area contributed by atoms with Crippen LogP contribution in [0.4, 0.5) is 13.6 Å². The van der Waals surface area contributed by atoms with Crippen molar-refractivity contribution < 1.29 is 18.3 Å². The number of aryl methyl sites for hydroxylation is 1. The van der Waals surface area contributed by atoms with Crippen molar-refractivity contribution in [2.24, 2.45) is 5.73 Å². The lowest BCUT2D eigenvalue weighted by atomic mass is 9.87. The molecule has 0 aromatic heterocycles. The lowest BCUT2D eigenvalue weighted by molar-refractivity contribution is 0.0959. The summed E-state index contributed by atoms with van der Waals surface area (Å²) in [5, 5.41) is 0. The van der Waals surface area contributed by atoms with Crippen molar-refractivity contribution in [2.75, 3.05) is 0 Å². The Morgan fingerprint density at radius 3 is 2.50 bits per heavy atom. The zero-order valence-electron chi connectivity index (χ0n) is 11.8. The maximum Gasteiger partial charge on any atom is 0.405 e. The van der Waals surface area contributed by atoms with Gasteiger partial charge in [-0.05, 0) is 59.7 Å². The van der Waals surface area contributed by atoms with E-state index in [1.807, 2.05) is 18.2 Å². The van der Waals surface area contributed by atoms with Gasteiger partial charge in [0.15, 0.2) is 0 Å². The molecule has 0 heterocycles. The second-order valence-corrected chi connectivity index (χ2v) is 5.39. The standard InChI is InChI=1S/C17H15F2NO2/c18-13-6-12(7-14(19)9-13)11-5-4-10-2-1-3-16(15(10)8-11)22-17(20)21/h4-9,16H,1-3H2,(H2,20,21). The molecule has 2 aromatic rings. The molecule has 0 saturated heterocycles. The van der Waals surface area contributed by atoms with Crippen LogP contribution in [0, 0.1) is 11.6 Å². The van der Waals surface area contributed by atoms with Crippen LogP contribution in [0.25, 0.3) is 11.1 Å². The van der Waals surface area contributed by atoms with Crippen LogP contribution in [0.1, 0.15) is 30.1 Å². The molecule has 2 N–H and O–H groups in total. The van der Waals surface area contributed by atoms with Crippen LogP contribution >= 0.6 is 0 Å². The predicted molar refractivity (Wildman–Crippen MR) is 78.1 cm³/mol. The molecular weight excluding hydrogens is 288 g/mol. The number of halogens is 2. The highest BCUT2D eigenvalue weighted by atomic mass is 19.1. The third-order valence-electron chi connectivity index (χ3n) is 3.86. The summed E-state index contributed by atoms with van der Waals surface area (Å²) in [5.74, 6) is -1.25. The number of benzene rings is 2. The van der Waals surface area contributed by atoms with Crippen LogP contribution < -0.4 is 5.73 Å². The van der Waals surface area contributed by atoms with Gasteiger partial charge in [-0.1, -0.05) is 12.1 Å². The Balaban J connectivity index is 2.03. The van der Waals surface area contributed by atoms with Gasteiger partial charge in [0.2, 0.25) is 0 Å². The summed E-state index contributed by atoms with van der Waals surface area (Å²) in [6, 6.07) is 8.93. The number of nitrogens with two attached hydrogens (primary N) is 1. The van der Waals surface area contributed by atoms with Gasteiger partial charge in [0.1, 0.15) is 17.7 Å². The highest BCUT2D eigenvalue weighted by Gasteiger charge is 2.23. The minimum atomic E-state index is -0.819. The Bertz CT molecular complexity index is 710. The molecule has 2 aromatic carbocycles. The van der Waals surface area contributed by atoms with Crippen molar-refractivity contribution >= 4 is 6.09 Å². The molecule has 0 bridgehead atoms. The first-order valence-electron chi connectivity index (χ1n) is 7.08. The van der Waals surface area contributed by atoms with E-state index in [4.69, 9.17) is 10.5 Å². The molecule has 1 amide bonds. The average molecular weight is 303 g/mol. The Morgan fingerprint density at radius 1 is 1.09 bits per heavy atom. The molecular formula is C17H15F2NO2. The van der Waals surface area contributed by atoms with E-state index < -0.39 is 23.8 Å². The maximum absolute atomic E-state index is 13.4. The summed E-state index contributed by atoms with van der Waals surface area (Å²) in [6.07, 6.45) is 1.25. The minimum Gasteiger partial charge on any atom is -0.442 e. The summed E-state index contributed by atoms with van der Waals surface area (Å²) in [5.41, 5.74) is 8.16. The number of fused-ring (bicyclic) bond motifs is 1. The molecule has 22 heavy (non-hydrogen) atoms. The van der Waals surface area contributed by atoms with Crippen LogP contribution in [0.3, 0.4) is 0 Å². The van der Waals surface area contributed by atoms with E-state index in [2.05, 4.69) is 0 Å². The Hall–Kier alpha value is -2.43. The molecule has 1 atom stereocenters. The average Bonchev–Trinajstić information content (AvgIpc) is 2.45. The number of primary amides is 1. The maximum atomic E-state index is 13.4. The smallest absolute Gasteiger partial charge is 0.405 e. The molecule has 0 aliphatic heterocycles. The summed E-state index contributed by atoms with van der Waals surface area (Å²) in [7, 11) is 0. The van der Waals surface area contributed by atoms with Crippen LogP contribution in [0.15, 0.2) is 36.4 Å². The number of carbonyl (C=O) groups excluding carboxylic acids is 1. The van der Waals surface area contributed by atoms with Gasteiger partial charge in [-0.3, -0.25) is 0 Å². The van der Waals surface area contributed by atoms with Crippen molar-refractivity contribution in [1.29, 1.82) is 0 Å². The lowest BCUT2D eigenvalue weighted by Gasteiger charge is -2.25.